The zero-order chi connectivity index (χ0) is 12.0. The van der Waals surface area contributed by atoms with E-state index in [4.69, 9.17) is 5.26 Å². The molecule has 0 spiro atoms. The third-order valence-corrected chi connectivity index (χ3v) is 2.81. The van der Waals surface area contributed by atoms with Gasteiger partial charge >= 0.3 is 5.97 Å². The summed E-state index contributed by atoms with van der Waals surface area (Å²) in [7, 11) is 1.31. The van der Waals surface area contributed by atoms with E-state index in [-0.39, 0.29) is 0 Å². The second kappa shape index (κ2) is 6.29. The molecule has 0 N–H and O–H groups in total. The number of esters is 1. The average molecular weight is 282 g/mol. The first-order valence-corrected chi connectivity index (χ1v) is 6.03. The van der Waals surface area contributed by atoms with Crippen molar-refractivity contribution in [1.82, 2.24) is 0 Å². The predicted molar refractivity (Wildman–Crippen MR) is 64.6 cm³/mol. The minimum Gasteiger partial charge on any atom is -0.465 e. The summed E-state index contributed by atoms with van der Waals surface area (Å²) in [4.78, 5) is 11.4. The molecule has 1 aromatic rings. The van der Waals surface area contributed by atoms with Gasteiger partial charge in [-0.15, -0.1) is 0 Å². The van der Waals surface area contributed by atoms with Crippen molar-refractivity contribution in [3.63, 3.8) is 0 Å². The van der Waals surface area contributed by atoms with Gasteiger partial charge in [-0.2, -0.15) is 5.26 Å². The van der Waals surface area contributed by atoms with E-state index in [0.29, 0.717) is 11.1 Å². The van der Waals surface area contributed by atoms with Crippen molar-refractivity contribution in [3.8, 4) is 6.07 Å². The number of nitriles is 1. The molecule has 3 nitrogen and oxygen atoms in total. The number of carbonyl (C=O) groups excluding carboxylic acids is 1. The molecule has 16 heavy (non-hydrogen) atoms. The molecule has 0 radical (unpaired) electrons. The van der Waals surface area contributed by atoms with Gasteiger partial charge < -0.3 is 4.74 Å². The lowest BCUT2D eigenvalue weighted by atomic mass is 9.99. The van der Waals surface area contributed by atoms with E-state index in [0.717, 1.165) is 23.7 Å². The van der Waals surface area contributed by atoms with Crippen LogP contribution in [-0.4, -0.2) is 18.4 Å². The van der Waals surface area contributed by atoms with Gasteiger partial charge in [0.1, 0.15) is 6.07 Å². The van der Waals surface area contributed by atoms with Crippen molar-refractivity contribution in [2.24, 2.45) is 0 Å². The van der Waals surface area contributed by atoms with Gasteiger partial charge in [-0.05, 0) is 24.5 Å². The highest BCUT2D eigenvalue weighted by Gasteiger charge is 2.14. The van der Waals surface area contributed by atoms with Gasteiger partial charge in [-0.1, -0.05) is 28.1 Å². The van der Waals surface area contributed by atoms with Crippen LogP contribution < -0.4 is 0 Å². The lowest BCUT2D eigenvalue weighted by Crippen LogP contribution is -2.06. The molecular weight excluding hydrogens is 270 g/mol. The Morgan fingerprint density at radius 2 is 2.31 bits per heavy atom. The molecule has 0 aromatic heterocycles. The third-order valence-electron chi connectivity index (χ3n) is 2.25. The van der Waals surface area contributed by atoms with Gasteiger partial charge in [-0.25, -0.2) is 4.79 Å². The van der Waals surface area contributed by atoms with Crippen LogP contribution in [0.5, 0.6) is 0 Å². The predicted octanol–water partition coefficient (Wildman–Crippen LogP) is 2.67. The minimum absolute atomic E-state index is 0.345. The summed E-state index contributed by atoms with van der Waals surface area (Å²) < 4.78 is 4.64. The topological polar surface area (TPSA) is 50.1 Å². The van der Waals surface area contributed by atoms with Crippen LogP contribution in [0.1, 0.15) is 27.9 Å². The van der Waals surface area contributed by atoms with Crippen molar-refractivity contribution in [3.05, 3.63) is 34.9 Å². The number of ether oxygens (including phenoxy) is 1. The van der Waals surface area contributed by atoms with E-state index in [9.17, 15) is 4.79 Å². The number of alkyl halides is 1. The van der Waals surface area contributed by atoms with Crippen LogP contribution in [0.2, 0.25) is 0 Å². The fourth-order valence-corrected chi connectivity index (χ4v) is 1.76. The number of nitrogens with zero attached hydrogens (tertiary/aromatic N) is 1. The summed E-state index contributed by atoms with van der Waals surface area (Å²) >= 11 is 3.34. The normalized spacial score (nSPS) is 9.56. The third kappa shape index (κ3) is 2.83. The molecule has 1 aromatic carbocycles. The standard InChI is InChI=1S/C12H12BrNO2/c1-16-12(15)10-6-2-4-9(5-3-7-13)11(10)8-14/h2,4,6H,3,5,7H2,1H3. The second-order valence-corrected chi connectivity index (χ2v) is 4.03. The monoisotopic (exact) mass is 281 g/mol. The Balaban J connectivity index is 3.11. The summed E-state index contributed by atoms with van der Waals surface area (Å²) in [5, 5.41) is 9.95. The molecule has 0 saturated heterocycles. The number of benzene rings is 1. The summed E-state index contributed by atoms with van der Waals surface area (Å²) in [6.07, 6.45) is 1.71. The SMILES string of the molecule is COC(=O)c1cccc(CCCBr)c1C#N. The molecule has 0 bridgehead atoms. The Labute approximate surface area is 103 Å². The molecule has 84 valence electrons. The van der Waals surface area contributed by atoms with Crippen LogP contribution in [0, 0.1) is 11.3 Å². The van der Waals surface area contributed by atoms with Gasteiger partial charge in [0.25, 0.3) is 0 Å². The minimum atomic E-state index is -0.461. The highest BCUT2D eigenvalue weighted by atomic mass is 79.9. The maximum absolute atomic E-state index is 11.4. The molecule has 0 unspecified atom stereocenters. The van der Waals surface area contributed by atoms with Crippen LogP contribution in [-0.2, 0) is 11.2 Å². The first kappa shape index (κ1) is 12.7. The van der Waals surface area contributed by atoms with Crippen molar-refractivity contribution in [1.29, 1.82) is 5.26 Å². The van der Waals surface area contributed by atoms with Gasteiger partial charge in [0.2, 0.25) is 0 Å². The van der Waals surface area contributed by atoms with Crippen molar-refractivity contribution >= 4 is 21.9 Å². The van der Waals surface area contributed by atoms with Crippen molar-refractivity contribution < 1.29 is 9.53 Å². The zero-order valence-corrected chi connectivity index (χ0v) is 10.6. The lowest BCUT2D eigenvalue weighted by molar-refractivity contribution is 0.0600. The van der Waals surface area contributed by atoms with Crippen LogP contribution in [0.25, 0.3) is 0 Å². The molecule has 0 aliphatic heterocycles. The Morgan fingerprint density at radius 3 is 2.88 bits per heavy atom. The van der Waals surface area contributed by atoms with E-state index >= 15 is 0 Å². The largest absolute Gasteiger partial charge is 0.465 e. The molecule has 0 amide bonds. The number of hydrogen-bond acceptors (Lipinski definition) is 3. The second-order valence-electron chi connectivity index (χ2n) is 3.24. The molecule has 4 heteroatoms. The van der Waals surface area contributed by atoms with Gasteiger partial charge in [0.15, 0.2) is 0 Å². The van der Waals surface area contributed by atoms with Gasteiger partial charge in [0.05, 0.1) is 18.2 Å². The molecule has 0 fully saturated rings. The number of aryl methyl sites for hydroxylation is 1. The van der Waals surface area contributed by atoms with Crippen LogP contribution >= 0.6 is 15.9 Å². The summed E-state index contributed by atoms with van der Waals surface area (Å²) in [5.74, 6) is -0.461. The van der Waals surface area contributed by atoms with Gasteiger partial charge in [-0.3, -0.25) is 0 Å². The van der Waals surface area contributed by atoms with Crippen molar-refractivity contribution in [2.45, 2.75) is 12.8 Å². The first-order chi connectivity index (χ1) is 7.74. The number of methoxy groups -OCH3 is 1. The number of hydrogen-bond donors (Lipinski definition) is 0. The molecular formula is C12H12BrNO2. The number of halogens is 1. The molecule has 1 rings (SSSR count). The Bertz CT molecular complexity index is 424. The van der Waals surface area contributed by atoms with Gasteiger partial charge in [0, 0.05) is 5.33 Å². The van der Waals surface area contributed by atoms with E-state index < -0.39 is 5.97 Å². The van der Waals surface area contributed by atoms with Crippen molar-refractivity contribution in [2.75, 3.05) is 12.4 Å². The molecule has 0 heterocycles. The average Bonchev–Trinajstić information content (AvgIpc) is 2.34. The Morgan fingerprint density at radius 1 is 1.56 bits per heavy atom. The fraction of sp³-hybridized carbons (Fsp3) is 0.333. The maximum atomic E-state index is 11.4. The molecule has 0 aliphatic rings. The smallest absolute Gasteiger partial charge is 0.339 e. The fourth-order valence-electron chi connectivity index (χ4n) is 1.48. The molecule has 0 saturated carbocycles. The van der Waals surface area contributed by atoms with Crippen LogP contribution in [0.15, 0.2) is 18.2 Å². The highest BCUT2D eigenvalue weighted by Crippen LogP contribution is 2.17. The van der Waals surface area contributed by atoms with E-state index in [1.165, 1.54) is 7.11 Å². The Hall–Kier alpha value is -1.34. The molecule has 0 aliphatic carbocycles. The summed E-state index contributed by atoms with van der Waals surface area (Å²) in [5.41, 5.74) is 1.66. The van der Waals surface area contributed by atoms with Crippen LogP contribution in [0.3, 0.4) is 0 Å². The quantitative estimate of drug-likeness (QED) is 0.630. The summed E-state index contributed by atoms with van der Waals surface area (Å²) in [6, 6.07) is 7.33. The maximum Gasteiger partial charge on any atom is 0.339 e. The Kier molecular flexibility index (Phi) is 5.00. The first-order valence-electron chi connectivity index (χ1n) is 4.90. The number of carbonyl (C=O) groups is 1. The van der Waals surface area contributed by atoms with E-state index in [1.807, 2.05) is 6.07 Å². The molecule has 0 atom stereocenters. The number of rotatable bonds is 4. The highest BCUT2D eigenvalue weighted by molar-refractivity contribution is 9.09. The zero-order valence-electron chi connectivity index (χ0n) is 9.00. The van der Waals surface area contributed by atoms with E-state index in [2.05, 4.69) is 26.7 Å². The summed E-state index contributed by atoms with van der Waals surface area (Å²) in [6.45, 7) is 0. The van der Waals surface area contributed by atoms with E-state index in [1.54, 1.807) is 12.1 Å². The lowest BCUT2D eigenvalue weighted by Gasteiger charge is -2.07. The van der Waals surface area contributed by atoms with Crippen LogP contribution in [0.4, 0.5) is 0 Å².